The van der Waals surface area contributed by atoms with Gasteiger partial charge in [-0.05, 0) is 66.8 Å². The summed E-state index contributed by atoms with van der Waals surface area (Å²) in [6.45, 7) is 3.82. The molecule has 0 aromatic heterocycles. The van der Waals surface area contributed by atoms with E-state index in [1.807, 2.05) is 6.08 Å². The number of allylic oxidation sites excluding steroid dienone is 1. The second-order valence-corrected chi connectivity index (χ2v) is 7.09. The summed E-state index contributed by atoms with van der Waals surface area (Å²) in [5, 5.41) is 18.0. The average Bonchev–Trinajstić information content (AvgIpc) is 2.69. The summed E-state index contributed by atoms with van der Waals surface area (Å²) in [4.78, 5) is 4.33. The highest BCUT2D eigenvalue weighted by molar-refractivity contribution is 5.40. The summed E-state index contributed by atoms with van der Waals surface area (Å²) in [6, 6.07) is 7.72. The van der Waals surface area contributed by atoms with E-state index in [2.05, 4.69) is 11.5 Å². The number of rotatable bonds is 5. The highest BCUT2D eigenvalue weighted by Gasteiger charge is 2.25. The normalized spacial score (nSPS) is 20.4. The number of halogens is 3. The van der Waals surface area contributed by atoms with E-state index in [-0.39, 0.29) is 17.0 Å². The van der Waals surface area contributed by atoms with Crippen LogP contribution < -0.4 is 0 Å². The van der Waals surface area contributed by atoms with Crippen LogP contribution in [0.2, 0.25) is 0 Å². The molecule has 28 heavy (non-hydrogen) atoms. The van der Waals surface area contributed by atoms with E-state index in [1.54, 1.807) is 6.07 Å². The third-order valence-corrected chi connectivity index (χ3v) is 5.47. The molecule has 1 fully saturated rings. The minimum atomic E-state index is -1.41. The van der Waals surface area contributed by atoms with Gasteiger partial charge in [0.1, 0.15) is 35.2 Å². The fourth-order valence-corrected chi connectivity index (χ4v) is 3.85. The summed E-state index contributed by atoms with van der Waals surface area (Å²) in [5.74, 6) is -2.11. The lowest BCUT2D eigenvalue weighted by molar-refractivity contribution is -0.271. The van der Waals surface area contributed by atoms with Crippen molar-refractivity contribution in [1.29, 1.82) is 5.26 Å². The first-order chi connectivity index (χ1) is 13.5. The Hall–Kier alpha value is -2.62. The van der Waals surface area contributed by atoms with Crippen LogP contribution in [0.5, 0.6) is 0 Å². The molecule has 2 aromatic carbocycles. The van der Waals surface area contributed by atoms with Crippen molar-refractivity contribution in [2.75, 3.05) is 0 Å². The first-order valence-corrected chi connectivity index (χ1v) is 9.09. The molecule has 0 spiro atoms. The van der Waals surface area contributed by atoms with Crippen LogP contribution in [-0.4, -0.2) is 5.26 Å². The predicted octanol–water partition coefficient (Wildman–Crippen LogP) is 6.01. The molecule has 0 radical (unpaired) electrons. The number of nitrogens with zero attached hydrogens (tertiary/aromatic N) is 1. The van der Waals surface area contributed by atoms with Gasteiger partial charge >= 0.3 is 0 Å². The molecule has 1 aliphatic rings. The quantitative estimate of drug-likeness (QED) is 0.388. The molecule has 3 nitrogen and oxygen atoms in total. The van der Waals surface area contributed by atoms with Crippen molar-refractivity contribution < 1.29 is 23.3 Å². The summed E-state index contributed by atoms with van der Waals surface area (Å²) in [5.41, 5.74) is -0.0757. The second kappa shape index (κ2) is 8.59. The van der Waals surface area contributed by atoms with Crippen molar-refractivity contribution in [1.82, 2.24) is 0 Å². The molecule has 1 N–H and O–H groups in total. The van der Waals surface area contributed by atoms with Gasteiger partial charge in [-0.25, -0.2) is 18.1 Å². The molecule has 0 heterocycles. The molecule has 146 valence electrons. The van der Waals surface area contributed by atoms with Gasteiger partial charge in [-0.15, -0.1) is 6.58 Å². The van der Waals surface area contributed by atoms with E-state index in [4.69, 9.17) is 5.26 Å². The fraction of sp³-hybridized carbons (Fsp3) is 0.318. The number of hydrogen-bond acceptors (Lipinski definition) is 3. The van der Waals surface area contributed by atoms with Gasteiger partial charge in [0.25, 0.3) is 0 Å². The van der Waals surface area contributed by atoms with Crippen LogP contribution in [0.25, 0.3) is 0 Å². The van der Waals surface area contributed by atoms with Crippen molar-refractivity contribution in [3.63, 3.8) is 0 Å². The molecular formula is C22H20F3NO2. The largest absolute Gasteiger partial charge is 0.251 e. The molecule has 0 amide bonds. The van der Waals surface area contributed by atoms with Crippen LogP contribution in [0, 0.1) is 34.7 Å². The maximum Gasteiger partial charge on any atom is 0.146 e. The molecule has 0 saturated heterocycles. The smallest absolute Gasteiger partial charge is 0.146 e. The number of benzene rings is 2. The molecule has 1 unspecified atom stereocenters. The summed E-state index contributed by atoms with van der Waals surface area (Å²) in [7, 11) is 0. The predicted molar refractivity (Wildman–Crippen MR) is 97.9 cm³/mol. The lowest BCUT2D eigenvalue weighted by atomic mass is 9.78. The monoisotopic (exact) mass is 387 g/mol. The zero-order valence-electron chi connectivity index (χ0n) is 15.2. The van der Waals surface area contributed by atoms with Crippen LogP contribution in [0.15, 0.2) is 43.0 Å². The van der Waals surface area contributed by atoms with E-state index in [1.165, 1.54) is 18.2 Å². The maximum atomic E-state index is 14.8. The van der Waals surface area contributed by atoms with Crippen molar-refractivity contribution in [3.05, 3.63) is 82.7 Å². The Morgan fingerprint density at radius 3 is 2.21 bits per heavy atom. The highest BCUT2D eigenvalue weighted by atomic mass is 19.1. The molecule has 1 atom stereocenters. The third kappa shape index (κ3) is 3.96. The molecule has 0 aliphatic heterocycles. The molecular weight excluding hydrogens is 367 g/mol. The Balaban J connectivity index is 1.88. The Morgan fingerprint density at radius 1 is 1.07 bits per heavy atom. The van der Waals surface area contributed by atoms with E-state index >= 15 is 0 Å². The van der Waals surface area contributed by atoms with Crippen LogP contribution in [0.4, 0.5) is 13.2 Å². The minimum absolute atomic E-state index is 0.0467. The van der Waals surface area contributed by atoms with Crippen molar-refractivity contribution >= 4 is 0 Å². The Labute approximate surface area is 161 Å². The molecule has 3 rings (SSSR count). The van der Waals surface area contributed by atoms with Gasteiger partial charge in [0.15, 0.2) is 0 Å². The summed E-state index contributed by atoms with van der Waals surface area (Å²) >= 11 is 0. The van der Waals surface area contributed by atoms with Gasteiger partial charge in [-0.2, -0.15) is 5.26 Å². The maximum absolute atomic E-state index is 14.8. The lowest BCUT2D eigenvalue weighted by Gasteiger charge is -2.27. The number of nitriles is 1. The summed E-state index contributed by atoms with van der Waals surface area (Å²) in [6.07, 6.45) is 4.41. The zero-order chi connectivity index (χ0) is 20.3. The Kier molecular flexibility index (Phi) is 6.18. The van der Waals surface area contributed by atoms with Crippen LogP contribution >= 0.6 is 0 Å². The zero-order valence-corrected chi connectivity index (χ0v) is 15.2. The summed E-state index contributed by atoms with van der Waals surface area (Å²) < 4.78 is 42.6. The Morgan fingerprint density at radius 2 is 1.71 bits per heavy atom. The van der Waals surface area contributed by atoms with E-state index in [0.29, 0.717) is 5.92 Å². The van der Waals surface area contributed by atoms with Gasteiger partial charge in [-0.3, -0.25) is 5.26 Å². The van der Waals surface area contributed by atoms with E-state index < -0.39 is 29.1 Å². The SMILES string of the molecule is C=CC1CCC(c2ccc(C(OO)c3cc(F)c(C#N)c(F)c3)c(F)c2)CC1. The van der Waals surface area contributed by atoms with Gasteiger partial charge in [0.05, 0.1) is 0 Å². The first-order valence-electron chi connectivity index (χ1n) is 9.09. The van der Waals surface area contributed by atoms with E-state index in [0.717, 1.165) is 43.4 Å². The van der Waals surface area contributed by atoms with E-state index in [9.17, 15) is 18.4 Å². The van der Waals surface area contributed by atoms with Crippen LogP contribution in [0.1, 0.15) is 60.0 Å². The molecule has 0 bridgehead atoms. The van der Waals surface area contributed by atoms with Gasteiger partial charge in [0, 0.05) is 5.56 Å². The third-order valence-electron chi connectivity index (χ3n) is 5.47. The highest BCUT2D eigenvalue weighted by Crippen LogP contribution is 2.38. The average molecular weight is 387 g/mol. The van der Waals surface area contributed by atoms with Gasteiger partial charge < -0.3 is 0 Å². The van der Waals surface area contributed by atoms with Crippen molar-refractivity contribution in [3.8, 4) is 6.07 Å². The molecule has 1 saturated carbocycles. The molecule has 6 heteroatoms. The van der Waals surface area contributed by atoms with Crippen molar-refractivity contribution in [2.45, 2.75) is 37.7 Å². The molecule has 1 aliphatic carbocycles. The Bertz CT molecular complexity index is 891. The fourth-order valence-electron chi connectivity index (χ4n) is 3.85. The number of hydrogen-bond donors (Lipinski definition) is 1. The lowest BCUT2D eigenvalue weighted by Crippen LogP contribution is -2.13. The minimum Gasteiger partial charge on any atom is -0.251 e. The van der Waals surface area contributed by atoms with Gasteiger partial charge in [0.2, 0.25) is 0 Å². The first kappa shape index (κ1) is 20.1. The van der Waals surface area contributed by atoms with Crippen LogP contribution in [-0.2, 0) is 4.89 Å². The topological polar surface area (TPSA) is 53.2 Å². The standard InChI is InChI=1S/C22H20F3NO2/c1-2-13-3-5-14(6-4-13)15-7-8-17(19(23)9-15)22(28-27)16-10-20(24)18(12-26)21(25)11-16/h2,7-11,13-14,22,27H,1,3-6H2. The second-order valence-electron chi connectivity index (χ2n) is 7.09. The van der Waals surface area contributed by atoms with Gasteiger partial charge in [-0.1, -0.05) is 18.2 Å². The van der Waals surface area contributed by atoms with Crippen LogP contribution in [0.3, 0.4) is 0 Å². The van der Waals surface area contributed by atoms with Crippen molar-refractivity contribution in [2.24, 2.45) is 5.92 Å². The molecule has 2 aromatic rings.